The van der Waals surface area contributed by atoms with Gasteiger partial charge in [0.1, 0.15) is 6.04 Å². The highest BCUT2D eigenvalue weighted by atomic mass is 79.9. The van der Waals surface area contributed by atoms with E-state index in [1.165, 1.54) is 5.56 Å². The van der Waals surface area contributed by atoms with Crippen molar-refractivity contribution in [2.45, 2.75) is 31.7 Å². The molecule has 0 spiro atoms. The minimum Gasteiger partial charge on any atom is -0.354 e. The number of carbonyl (C=O) groups excluding carboxylic acids is 1. The van der Waals surface area contributed by atoms with Gasteiger partial charge >= 0.3 is 0 Å². The Kier molecular flexibility index (Phi) is 4.78. The molecule has 2 N–H and O–H groups in total. The van der Waals surface area contributed by atoms with Crippen LogP contribution in [-0.2, 0) is 23.7 Å². The Balaban J connectivity index is 1.71. The predicted octanol–water partition coefficient (Wildman–Crippen LogP) is 2.46. The third kappa shape index (κ3) is 3.26. The lowest BCUT2D eigenvalue weighted by Crippen LogP contribution is -2.45. The van der Waals surface area contributed by atoms with Gasteiger partial charge in [-0.1, -0.05) is 48.0 Å². The van der Waals surface area contributed by atoms with Crippen LogP contribution in [0.1, 0.15) is 36.7 Å². The van der Waals surface area contributed by atoms with Crippen molar-refractivity contribution >= 4 is 21.8 Å². The van der Waals surface area contributed by atoms with Gasteiger partial charge in [0.2, 0.25) is 5.91 Å². The zero-order chi connectivity index (χ0) is 17.3. The van der Waals surface area contributed by atoms with Crippen LogP contribution in [0.5, 0.6) is 0 Å². The normalized spacial score (nSPS) is 17.4. The molecule has 0 saturated heterocycles. The summed E-state index contributed by atoms with van der Waals surface area (Å²) in [5, 5.41) is 10.7. The molecule has 1 aliphatic rings. The zero-order valence-corrected chi connectivity index (χ0v) is 15.9. The van der Waals surface area contributed by atoms with E-state index in [0.29, 0.717) is 6.54 Å². The minimum absolute atomic E-state index is 0.00378. The van der Waals surface area contributed by atoms with Crippen LogP contribution in [0.15, 0.2) is 34.9 Å². The molecule has 1 aliphatic heterocycles. The zero-order valence-electron chi connectivity index (χ0n) is 14.3. The SMILES string of the molecule is Cn1ncc2c1CCNC2C(=O)NCC(C)(C)c1ccccc1Br. The van der Waals surface area contributed by atoms with Gasteiger partial charge < -0.3 is 10.6 Å². The number of hydrogen-bond donors (Lipinski definition) is 2. The quantitative estimate of drug-likeness (QED) is 0.842. The van der Waals surface area contributed by atoms with Gasteiger partial charge in [-0.2, -0.15) is 5.10 Å². The van der Waals surface area contributed by atoms with Crippen LogP contribution >= 0.6 is 15.9 Å². The lowest BCUT2D eigenvalue weighted by Gasteiger charge is -2.29. The number of benzene rings is 1. The summed E-state index contributed by atoms with van der Waals surface area (Å²) in [5.74, 6) is 0.00378. The van der Waals surface area contributed by atoms with E-state index in [1.54, 1.807) is 6.20 Å². The first-order chi connectivity index (χ1) is 11.4. The Hall–Kier alpha value is -1.66. The summed E-state index contributed by atoms with van der Waals surface area (Å²) >= 11 is 3.60. The Bertz CT molecular complexity index is 753. The third-order valence-corrected chi connectivity index (χ3v) is 5.38. The van der Waals surface area contributed by atoms with E-state index in [1.807, 2.05) is 29.9 Å². The molecular weight excluding hydrogens is 368 g/mol. The molecule has 2 aromatic rings. The predicted molar refractivity (Wildman–Crippen MR) is 97.8 cm³/mol. The maximum absolute atomic E-state index is 12.7. The van der Waals surface area contributed by atoms with E-state index < -0.39 is 0 Å². The first-order valence-electron chi connectivity index (χ1n) is 8.17. The molecule has 5 nitrogen and oxygen atoms in total. The molecular formula is C18H23BrN4O. The molecule has 1 unspecified atom stereocenters. The second kappa shape index (κ2) is 6.69. The molecule has 6 heteroatoms. The molecule has 24 heavy (non-hydrogen) atoms. The van der Waals surface area contributed by atoms with E-state index in [2.05, 4.69) is 51.6 Å². The van der Waals surface area contributed by atoms with Crippen LogP contribution in [0.3, 0.4) is 0 Å². The van der Waals surface area contributed by atoms with Crippen molar-refractivity contribution < 1.29 is 4.79 Å². The van der Waals surface area contributed by atoms with Gasteiger partial charge in [-0.15, -0.1) is 0 Å². The first-order valence-corrected chi connectivity index (χ1v) is 8.96. The summed E-state index contributed by atoms with van der Waals surface area (Å²) in [7, 11) is 1.93. The number of halogens is 1. The molecule has 0 aliphatic carbocycles. The van der Waals surface area contributed by atoms with E-state index in [4.69, 9.17) is 0 Å². The number of nitrogens with zero attached hydrogens (tertiary/aromatic N) is 2. The van der Waals surface area contributed by atoms with E-state index in [9.17, 15) is 4.79 Å². The van der Waals surface area contributed by atoms with Crippen molar-refractivity contribution in [3.05, 3.63) is 51.8 Å². The number of aromatic nitrogens is 2. The number of aryl methyl sites for hydroxylation is 1. The van der Waals surface area contributed by atoms with Gasteiger partial charge in [-0.25, -0.2) is 0 Å². The van der Waals surface area contributed by atoms with Crippen molar-refractivity contribution in [2.75, 3.05) is 13.1 Å². The minimum atomic E-state index is -0.322. The fourth-order valence-electron chi connectivity index (χ4n) is 3.22. The molecule has 0 saturated carbocycles. The fraction of sp³-hybridized carbons (Fsp3) is 0.444. The molecule has 128 valence electrons. The average molecular weight is 391 g/mol. The second-order valence-electron chi connectivity index (χ2n) is 6.89. The summed E-state index contributed by atoms with van der Waals surface area (Å²) in [6, 6.07) is 7.82. The summed E-state index contributed by atoms with van der Waals surface area (Å²) in [4.78, 5) is 12.7. The number of nitrogens with one attached hydrogen (secondary N) is 2. The first kappa shape index (κ1) is 17.2. The largest absolute Gasteiger partial charge is 0.354 e. The van der Waals surface area contributed by atoms with Gasteiger partial charge in [-0.3, -0.25) is 9.48 Å². The third-order valence-electron chi connectivity index (χ3n) is 4.68. The van der Waals surface area contributed by atoms with Crippen LogP contribution in [0.25, 0.3) is 0 Å². The lowest BCUT2D eigenvalue weighted by atomic mass is 9.84. The molecule has 1 atom stereocenters. The number of amides is 1. The number of hydrogen-bond acceptors (Lipinski definition) is 3. The van der Waals surface area contributed by atoms with Gasteiger partial charge in [0, 0.05) is 47.7 Å². The lowest BCUT2D eigenvalue weighted by molar-refractivity contribution is -0.123. The van der Waals surface area contributed by atoms with Crippen LogP contribution in [0.2, 0.25) is 0 Å². The number of fused-ring (bicyclic) bond motifs is 1. The number of carbonyl (C=O) groups is 1. The van der Waals surface area contributed by atoms with Crippen molar-refractivity contribution in [2.24, 2.45) is 7.05 Å². The summed E-state index contributed by atoms with van der Waals surface area (Å²) in [6.07, 6.45) is 2.70. The van der Waals surface area contributed by atoms with E-state index >= 15 is 0 Å². The highest BCUT2D eigenvalue weighted by Crippen LogP contribution is 2.30. The summed E-state index contributed by atoms with van der Waals surface area (Å²) in [5.41, 5.74) is 3.14. The molecule has 2 heterocycles. The van der Waals surface area contributed by atoms with E-state index in [0.717, 1.165) is 28.7 Å². The Morgan fingerprint density at radius 2 is 2.21 bits per heavy atom. The van der Waals surface area contributed by atoms with Gasteiger partial charge in [0.05, 0.1) is 6.20 Å². The molecule has 1 aromatic carbocycles. The summed E-state index contributed by atoms with van der Waals surface area (Å²) < 4.78 is 2.93. The van der Waals surface area contributed by atoms with Crippen molar-refractivity contribution in [1.82, 2.24) is 20.4 Å². The van der Waals surface area contributed by atoms with Crippen LogP contribution in [0.4, 0.5) is 0 Å². The van der Waals surface area contributed by atoms with Crippen LogP contribution < -0.4 is 10.6 Å². The molecule has 0 bridgehead atoms. The van der Waals surface area contributed by atoms with Gasteiger partial charge in [-0.05, 0) is 11.6 Å². The van der Waals surface area contributed by atoms with Gasteiger partial charge in [0.25, 0.3) is 0 Å². The van der Waals surface area contributed by atoms with Crippen molar-refractivity contribution in [3.8, 4) is 0 Å². The van der Waals surface area contributed by atoms with Crippen LogP contribution in [-0.4, -0.2) is 28.8 Å². The monoisotopic (exact) mass is 390 g/mol. The average Bonchev–Trinajstić information content (AvgIpc) is 2.94. The summed E-state index contributed by atoms with van der Waals surface area (Å²) in [6.45, 7) is 5.63. The smallest absolute Gasteiger partial charge is 0.241 e. The van der Waals surface area contributed by atoms with E-state index in [-0.39, 0.29) is 17.4 Å². The molecule has 3 rings (SSSR count). The molecule has 0 radical (unpaired) electrons. The highest BCUT2D eigenvalue weighted by molar-refractivity contribution is 9.10. The number of rotatable bonds is 4. The Labute approximate surface area is 151 Å². The fourth-order valence-corrected chi connectivity index (χ4v) is 4.04. The maximum atomic E-state index is 12.7. The van der Waals surface area contributed by atoms with Crippen LogP contribution in [0, 0.1) is 0 Å². The Morgan fingerprint density at radius 1 is 1.46 bits per heavy atom. The highest BCUT2D eigenvalue weighted by Gasteiger charge is 2.30. The second-order valence-corrected chi connectivity index (χ2v) is 7.74. The van der Waals surface area contributed by atoms with Gasteiger partial charge in [0.15, 0.2) is 0 Å². The standard InChI is InChI=1S/C18H23BrN4O/c1-18(2,13-6-4-5-7-14(13)19)11-21-17(24)16-12-10-22-23(3)15(12)8-9-20-16/h4-7,10,16,20H,8-9,11H2,1-3H3,(H,21,24). The maximum Gasteiger partial charge on any atom is 0.241 e. The van der Waals surface area contributed by atoms with Crippen molar-refractivity contribution in [3.63, 3.8) is 0 Å². The Morgan fingerprint density at radius 3 is 2.96 bits per heavy atom. The molecule has 1 aromatic heterocycles. The topological polar surface area (TPSA) is 59.0 Å². The molecule has 1 amide bonds. The molecule has 0 fully saturated rings. The van der Waals surface area contributed by atoms with Crippen molar-refractivity contribution in [1.29, 1.82) is 0 Å².